The molecule has 0 amide bonds. The van der Waals surface area contributed by atoms with Crippen molar-refractivity contribution in [1.82, 2.24) is 0 Å². The van der Waals surface area contributed by atoms with Gasteiger partial charge in [0.1, 0.15) is 0 Å². The Bertz CT molecular complexity index is 540. The summed E-state index contributed by atoms with van der Waals surface area (Å²) >= 11 is 3.30. The highest BCUT2D eigenvalue weighted by molar-refractivity contribution is 9.10. The van der Waals surface area contributed by atoms with Gasteiger partial charge < -0.3 is 10.1 Å². The van der Waals surface area contributed by atoms with E-state index >= 15 is 0 Å². The van der Waals surface area contributed by atoms with Gasteiger partial charge in [-0.2, -0.15) is 13.2 Å². The Morgan fingerprint density at radius 1 is 1.24 bits per heavy atom. The third kappa shape index (κ3) is 3.72. The van der Waals surface area contributed by atoms with Crippen LogP contribution in [0.15, 0.2) is 22.7 Å². The lowest BCUT2D eigenvalue weighted by atomic mass is 9.94. The van der Waals surface area contributed by atoms with Crippen LogP contribution in [-0.4, -0.2) is 17.2 Å². The van der Waals surface area contributed by atoms with Gasteiger partial charge in [-0.25, -0.2) is 0 Å². The molecule has 1 aliphatic rings. The van der Waals surface area contributed by atoms with E-state index in [0.29, 0.717) is 10.2 Å². The van der Waals surface area contributed by atoms with Crippen molar-refractivity contribution in [2.75, 3.05) is 5.32 Å². The summed E-state index contributed by atoms with van der Waals surface area (Å²) in [5.41, 5.74) is -0.972. The first-order chi connectivity index (χ1) is 9.41. The Hall–Kier alpha value is -0.750. The van der Waals surface area contributed by atoms with E-state index in [9.17, 15) is 13.2 Å². The number of anilines is 1. The fourth-order valence-electron chi connectivity index (χ4n) is 2.79. The predicted molar refractivity (Wildman–Crippen MR) is 80.4 cm³/mol. The standard InChI is InChI=1S/C15H19BrF3NO/c1-13(2)8-12(14(3,4)21-13)20-11-7-9(15(17,18)19)5-6-10(11)16/h5-7,12,20H,8H2,1-4H3. The van der Waals surface area contributed by atoms with Gasteiger partial charge in [0.05, 0.1) is 22.8 Å². The minimum atomic E-state index is -4.35. The average Bonchev–Trinajstić information content (AvgIpc) is 2.48. The van der Waals surface area contributed by atoms with Crippen LogP contribution in [0.4, 0.5) is 18.9 Å². The maximum Gasteiger partial charge on any atom is 0.416 e. The van der Waals surface area contributed by atoms with Crippen LogP contribution in [-0.2, 0) is 10.9 Å². The lowest BCUT2D eigenvalue weighted by molar-refractivity contribution is -0.137. The molecule has 1 aliphatic heterocycles. The number of ether oxygens (including phenoxy) is 1. The average molecular weight is 366 g/mol. The van der Waals surface area contributed by atoms with Gasteiger partial charge in [-0.05, 0) is 68.2 Å². The van der Waals surface area contributed by atoms with Crippen LogP contribution < -0.4 is 5.32 Å². The lowest BCUT2D eigenvalue weighted by Gasteiger charge is -2.28. The van der Waals surface area contributed by atoms with Crippen molar-refractivity contribution in [2.45, 2.75) is 57.5 Å². The molecule has 1 saturated heterocycles. The van der Waals surface area contributed by atoms with E-state index in [1.54, 1.807) is 0 Å². The highest BCUT2D eigenvalue weighted by atomic mass is 79.9. The number of rotatable bonds is 2. The molecule has 21 heavy (non-hydrogen) atoms. The van der Waals surface area contributed by atoms with Crippen molar-refractivity contribution in [3.05, 3.63) is 28.2 Å². The second-order valence-electron chi connectivity index (χ2n) is 6.56. The van der Waals surface area contributed by atoms with Crippen LogP contribution in [0.25, 0.3) is 0 Å². The van der Waals surface area contributed by atoms with E-state index in [-0.39, 0.29) is 11.6 Å². The fraction of sp³-hybridized carbons (Fsp3) is 0.600. The molecule has 118 valence electrons. The molecule has 6 heteroatoms. The van der Waals surface area contributed by atoms with E-state index in [0.717, 1.165) is 18.6 Å². The molecule has 1 aromatic rings. The smallest absolute Gasteiger partial charge is 0.378 e. The molecule has 0 spiro atoms. The van der Waals surface area contributed by atoms with E-state index in [4.69, 9.17) is 4.74 Å². The molecule has 1 atom stereocenters. The summed E-state index contributed by atoms with van der Waals surface area (Å²) in [5.74, 6) is 0. The molecule has 1 unspecified atom stereocenters. The van der Waals surface area contributed by atoms with Crippen molar-refractivity contribution in [3.63, 3.8) is 0 Å². The molecule has 0 saturated carbocycles. The van der Waals surface area contributed by atoms with E-state index < -0.39 is 17.3 Å². The molecule has 2 nitrogen and oxygen atoms in total. The van der Waals surface area contributed by atoms with Gasteiger partial charge in [0.2, 0.25) is 0 Å². The maximum atomic E-state index is 12.8. The molecule has 0 bridgehead atoms. The van der Waals surface area contributed by atoms with Crippen molar-refractivity contribution < 1.29 is 17.9 Å². The highest BCUT2D eigenvalue weighted by Gasteiger charge is 2.46. The zero-order valence-corrected chi connectivity index (χ0v) is 14.0. The molecule has 1 fully saturated rings. The van der Waals surface area contributed by atoms with Crippen molar-refractivity contribution >= 4 is 21.6 Å². The Labute approximate surface area is 131 Å². The summed E-state index contributed by atoms with van der Waals surface area (Å²) in [6.07, 6.45) is -3.62. The first-order valence-electron chi connectivity index (χ1n) is 6.74. The summed E-state index contributed by atoms with van der Waals surface area (Å²) in [7, 11) is 0. The summed E-state index contributed by atoms with van der Waals surface area (Å²) < 4.78 is 45.0. The molecular formula is C15H19BrF3NO. The molecule has 1 N–H and O–H groups in total. The van der Waals surface area contributed by atoms with Gasteiger partial charge >= 0.3 is 6.18 Å². The zero-order valence-electron chi connectivity index (χ0n) is 12.4. The quantitative estimate of drug-likeness (QED) is 0.774. The molecule has 1 aromatic carbocycles. The lowest BCUT2D eigenvalue weighted by Crippen LogP contribution is -2.38. The number of benzene rings is 1. The first-order valence-corrected chi connectivity index (χ1v) is 7.53. The summed E-state index contributed by atoms with van der Waals surface area (Å²) in [6.45, 7) is 7.86. The second kappa shape index (κ2) is 5.16. The van der Waals surface area contributed by atoms with Crippen molar-refractivity contribution in [3.8, 4) is 0 Å². The predicted octanol–water partition coefficient (Wildman–Crippen LogP) is 5.23. The van der Waals surface area contributed by atoms with Gasteiger partial charge in [0, 0.05) is 10.2 Å². The Morgan fingerprint density at radius 3 is 2.33 bits per heavy atom. The van der Waals surface area contributed by atoms with Gasteiger partial charge in [-0.1, -0.05) is 0 Å². The number of hydrogen-bond donors (Lipinski definition) is 1. The molecular weight excluding hydrogens is 347 g/mol. The molecule has 1 heterocycles. The van der Waals surface area contributed by atoms with Crippen LogP contribution in [0.5, 0.6) is 0 Å². The fourth-order valence-corrected chi connectivity index (χ4v) is 3.15. The third-order valence-electron chi connectivity index (χ3n) is 3.70. The third-order valence-corrected chi connectivity index (χ3v) is 4.39. The van der Waals surface area contributed by atoms with Gasteiger partial charge in [0.15, 0.2) is 0 Å². The molecule has 0 aliphatic carbocycles. The van der Waals surface area contributed by atoms with Crippen LogP contribution in [0, 0.1) is 0 Å². The SMILES string of the molecule is CC1(C)CC(Nc2cc(C(F)(F)F)ccc2Br)C(C)(C)O1. The summed E-state index contributed by atoms with van der Waals surface area (Å²) in [5, 5.41) is 3.20. The minimum Gasteiger partial charge on any atom is -0.378 e. The number of hydrogen-bond acceptors (Lipinski definition) is 2. The number of alkyl halides is 3. The van der Waals surface area contributed by atoms with Crippen molar-refractivity contribution in [2.24, 2.45) is 0 Å². The normalized spacial score (nSPS) is 24.1. The largest absolute Gasteiger partial charge is 0.416 e. The van der Waals surface area contributed by atoms with E-state index in [1.807, 2.05) is 27.7 Å². The van der Waals surface area contributed by atoms with E-state index in [2.05, 4.69) is 21.2 Å². The zero-order chi connectivity index (χ0) is 16.1. The maximum absolute atomic E-state index is 12.8. The number of halogens is 4. The van der Waals surface area contributed by atoms with Gasteiger partial charge in [-0.15, -0.1) is 0 Å². The topological polar surface area (TPSA) is 21.3 Å². The van der Waals surface area contributed by atoms with Crippen LogP contribution in [0.3, 0.4) is 0 Å². The monoisotopic (exact) mass is 365 g/mol. The Morgan fingerprint density at radius 2 is 1.86 bits per heavy atom. The molecule has 2 rings (SSSR count). The molecule has 0 aromatic heterocycles. The van der Waals surface area contributed by atoms with Crippen LogP contribution in [0.1, 0.15) is 39.7 Å². The summed E-state index contributed by atoms with van der Waals surface area (Å²) in [6, 6.07) is 3.55. The second-order valence-corrected chi connectivity index (χ2v) is 7.41. The Balaban J connectivity index is 2.28. The minimum absolute atomic E-state index is 0.0627. The highest BCUT2D eigenvalue weighted by Crippen LogP contribution is 2.41. The Kier molecular flexibility index (Phi) is 4.08. The van der Waals surface area contributed by atoms with Gasteiger partial charge in [0.25, 0.3) is 0 Å². The van der Waals surface area contributed by atoms with Crippen LogP contribution in [0.2, 0.25) is 0 Å². The van der Waals surface area contributed by atoms with Crippen LogP contribution >= 0.6 is 15.9 Å². The van der Waals surface area contributed by atoms with Crippen molar-refractivity contribution in [1.29, 1.82) is 0 Å². The number of nitrogens with one attached hydrogen (secondary N) is 1. The first kappa shape index (κ1) is 16.6. The van der Waals surface area contributed by atoms with E-state index in [1.165, 1.54) is 6.07 Å². The molecule has 0 radical (unpaired) electrons. The van der Waals surface area contributed by atoms with Gasteiger partial charge in [-0.3, -0.25) is 0 Å². The summed E-state index contributed by atoms with van der Waals surface area (Å²) in [4.78, 5) is 0.